The average molecular weight is 540 g/mol. The van der Waals surface area contributed by atoms with Crippen molar-refractivity contribution in [1.29, 1.82) is 0 Å². The fraction of sp³-hybridized carbons (Fsp3) is 0.233. The summed E-state index contributed by atoms with van der Waals surface area (Å²) in [7, 11) is 0. The molecule has 1 aliphatic rings. The second-order valence-corrected chi connectivity index (χ2v) is 9.83. The zero-order valence-corrected chi connectivity index (χ0v) is 21.7. The molecule has 1 aliphatic carbocycles. The van der Waals surface area contributed by atoms with Gasteiger partial charge in [-0.2, -0.15) is 0 Å². The van der Waals surface area contributed by atoms with Gasteiger partial charge in [-0.3, -0.25) is 14.4 Å². The van der Waals surface area contributed by atoms with E-state index in [2.05, 4.69) is 26.1 Å². The van der Waals surface area contributed by atoms with Crippen molar-refractivity contribution in [3.05, 3.63) is 95.9 Å². The van der Waals surface area contributed by atoms with E-state index in [1.165, 1.54) is 5.56 Å². The topological polar surface area (TPSA) is 146 Å². The van der Waals surface area contributed by atoms with Gasteiger partial charge in [0.15, 0.2) is 0 Å². The van der Waals surface area contributed by atoms with Crippen LogP contribution in [0.3, 0.4) is 0 Å². The fourth-order valence-electron chi connectivity index (χ4n) is 4.93. The molecule has 4 N–H and O–H groups in total. The van der Waals surface area contributed by atoms with E-state index in [9.17, 15) is 14.4 Å². The van der Waals surface area contributed by atoms with E-state index in [4.69, 9.17) is 9.52 Å². The number of carboxylic acid groups (broad SMARTS) is 1. The number of anilines is 4. The van der Waals surface area contributed by atoms with Crippen molar-refractivity contribution in [3.63, 3.8) is 0 Å². The molecule has 4 aromatic rings. The zero-order valence-electron chi connectivity index (χ0n) is 21.7. The fourth-order valence-corrected chi connectivity index (χ4v) is 4.93. The maximum absolute atomic E-state index is 12.7. The Bertz CT molecular complexity index is 1480. The first kappa shape index (κ1) is 26.6. The van der Waals surface area contributed by atoms with E-state index < -0.39 is 11.9 Å². The van der Waals surface area contributed by atoms with Crippen molar-refractivity contribution in [2.24, 2.45) is 5.92 Å². The number of amides is 2. The second-order valence-electron chi connectivity index (χ2n) is 9.83. The van der Waals surface area contributed by atoms with Gasteiger partial charge < -0.3 is 25.5 Å². The third-order valence-corrected chi connectivity index (χ3v) is 6.98. The molecule has 0 atom stereocenters. The quantitative estimate of drug-likeness (QED) is 0.201. The summed E-state index contributed by atoms with van der Waals surface area (Å²) in [5, 5.41) is 25.3. The van der Waals surface area contributed by atoms with Crippen molar-refractivity contribution in [2.45, 2.75) is 38.0 Å². The molecule has 5 rings (SSSR count). The highest BCUT2D eigenvalue weighted by molar-refractivity contribution is 6.04. The number of hydrogen-bond donors (Lipinski definition) is 4. The summed E-state index contributed by atoms with van der Waals surface area (Å²) < 4.78 is 5.49. The number of aliphatic carboxylic acids is 1. The molecule has 1 fully saturated rings. The van der Waals surface area contributed by atoms with Gasteiger partial charge in [0, 0.05) is 29.0 Å². The number of aromatic nitrogens is 2. The molecular formula is C30H29N5O5. The van der Waals surface area contributed by atoms with E-state index in [-0.39, 0.29) is 30.2 Å². The number of carbonyl (C=O) groups is 3. The van der Waals surface area contributed by atoms with Crippen molar-refractivity contribution in [1.82, 2.24) is 10.2 Å². The van der Waals surface area contributed by atoms with Gasteiger partial charge in [0.05, 0.1) is 0 Å². The molecule has 1 aromatic heterocycles. The van der Waals surface area contributed by atoms with Gasteiger partial charge in [0.25, 0.3) is 5.91 Å². The van der Waals surface area contributed by atoms with E-state index in [1.54, 1.807) is 48.5 Å². The number of benzene rings is 3. The van der Waals surface area contributed by atoms with Gasteiger partial charge >= 0.3 is 23.8 Å². The lowest BCUT2D eigenvalue weighted by Gasteiger charge is -2.28. The number of hydrogen-bond acceptors (Lipinski definition) is 7. The van der Waals surface area contributed by atoms with Crippen molar-refractivity contribution >= 4 is 40.9 Å². The Balaban J connectivity index is 1.14. The molecule has 0 bridgehead atoms. The van der Waals surface area contributed by atoms with Gasteiger partial charge in [0.2, 0.25) is 0 Å². The molecular weight excluding hydrogens is 510 g/mol. The predicted octanol–water partition coefficient (Wildman–Crippen LogP) is 6.07. The maximum atomic E-state index is 12.7. The van der Waals surface area contributed by atoms with E-state index in [1.807, 2.05) is 30.3 Å². The lowest BCUT2D eigenvalue weighted by molar-refractivity contribution is -0.138. The summed E-state index contributed by atoms with van der Waals surface area (Å²) in [4.78, 5) is 36.0. The Kier molecular flexibility index (Phi) is 8.15. The Labute approximate surface area is 230 Å². The Morgan fingerprint density at radius 1 is 0.775 bits per heavy atom. The number of nitrogens with zero attached hydrogens (tertiary/aromatic N) is 2. The standard InChI is InChI=1S/C30H29N5O5/c36-26(37)17-19-9-11-20(12-10-19)21-13-15-23(16-14-21)31-28(39)29-34-35-30(40-29)33-25-8-4-7-24(18-25)32-27(38)22-5-2-1-3-6-22/h1-8,13-16,18-20H,9-12,17H2,(H,31,39)(H,32,38)(H,33,35)(H,36,37). The SMILES string of the molecule is O=C(O)CC1CCC(c2ccc(NC(=O)c3nnc(Nc4cccc(NC(=O)c5ccccc5)c4)o3)cc2)CC1. The molecule has 0 spiro atoms. The highest BCUT2D eigenvalue weighted by Crippen LogP contribution is 2.37. The highest BCUT2D eigenvalue weighted by Gasteiger charge is 2.24. The highest BCUT2D eigenvalue weighted by atomic mass is 16.4. The van der Waals surface area contributed by atoms with Crippen LogP contribution in [-0.4, -0.2) is 33.1 Å². The van der Waals surface area contributed by atoms with Crippen LogP contribution in [0.25, 0.3) is 0 Å². The van der Waals surface area contributed by atoms with Crippen LogP contribution in [0.2, 0.25) is 0 Å². The van der Waals surface area contributed by atoms with Crippen LogP contribution in [0.15, 0.2) is 83.3 Å². The average Bonchev–Trinajstić information content (AvgIpc) is 3.43. The summed E-state index contributed by atoms with van der Waals surface area (Å²) in [5.41, 5.74) is 3.49. The van der Waals surface area contributed by atoms with Crippen LogP contribution >= 0.6 is 0 Å². The largest absolute Gasteiger partial charge is 0.481 e. The number of carbonyl (C=O) groups excluding carboxylic acids is 2. The molecule has 1 saturated carbocycles. The maximum Gasteiger partial charge on any atom is 0.320 e. The molecule has 0 unspecified atom stereocenters. The first-order valence-electron chi connectivity index (χ1n) is 13.1. The summed E-state index contributed by atoms with van der Waals surface area (Å²) in [6.45, 7) is 0. The van der Waals surface area contributed by atoms with Crippen LogP contribution < -0.4 is 16.0 Å². The molecule has 10 heteroatoms. The molecule has 0 aliphatic heterocycles. The monoisotopic (exact) mass is 539 g/mol. The van der Waals surface area contributed by atoms with E-state index in [0.29, 0.717) is 28.5 Å². The Morgan fingerprint density at radius 2 is 1.48 bits per heavy atom. The summed E-state index contributed by atoms with van der Waals surface area (Å²) in [6, 6.07) is 23.6. The molecule has 2 amide bonds. The second kappa shape index (κ2) is 12.2. The number of nitrogens with one attached hydrogen (secondary N) is 3. The molecule has 3 aromatic carbocycles. The first-order valence-corrected chi connectivity index (χ1v) is 13.1. The lowest BCUT2D eigenvalue weighted by atomic mass is 9.77. The van der Waals surface area contributed by atoms with E-state index >= 15 is 0 Å². The molecule has 204 valence electrons. The van der Waals surface area contributed by atoms with Gasteiger partial charge in [0.1, 0.15) is 0 Å². The molecule has 10 nitrogen and oxygen atoms in total. The Morgan fingerprint density at radius 3 is 2.20 bits per heavy atom. The minimum atomic E-state index is -0.730. The third kappa shape index (κ3) is 6.90. The predicted molar refractivity (Wildman–Crippen MR) is 150 cm³/mol. The third-order valence-electron chi connectivity index (χ3n) is 6.98. The number of rotatable bonds is 9. The molecule has 0 radical (unpaired) electrons. The normalized spacial score (nSPS) is 16.6. The summed E-state index contributed by atoms with van der Waals surface area (Å²) >= 11 is 0. The number of carboxylic acids is 1. The van der Waals surface area contributed by atoms with Crippen LogP contribution in [-0.2, 0) is 4.79 Å². The zero-order chi connectivity index (χ0) is 27.9. The minimum Gasteiger partial charge on any atom is -0.481 e. The molecule has 40 heavy (non-hydrogen) atoms. The minimum absolute atomic E-state index is 0.0329. The van der Waals surface area contributed by atoms with Crippen LogP contribution in [0.4, 0.5) is 23.1 Å². The van der Waals surface area contributed by atoms with Gasteiger partial charge in [-0.1, -0.05) is 41.5 Å². The van der Waals surface area contributed by atoms with Crippen molar-refractivity contribution in [2.75, 3.05) is 16.0 Å². The Hall–Kier alpha value is -4.99. The van der Waals surface area contributed by atoms with Crippen LogP contribution in [0, 0.1) is 5.92 Å². The van der Waals surface area contributed by atoms with Crippen LogP contribution in [0.5, 0.6) is 0 Å². The summed E-state index contributed by atoms with van der Waals surface area (Å²) in [6.07, 6.45) is 3.99. The van der Waals surface area contributed by atoms with Gasteiger partial charge in [-0.25, -0.2) is 0 Å². The van der Waals surface area contributed by atoms with Crippen molar-refractivity contribution in [3.8, 4) is 0 Å². The smallest absolute Gasteiger partial charge is 0.320 e. The lowest BCUT2D eigenvalue weighted by Crippen LogP contribution is -2.16. The van der Waals surface area contributed by atoms with Gasteiger partial charge in [-0.15, -0.1) is 5.10 Å². The first-order chi connectivity index (χ1) is 19.4. The van der Waals surface area contributed by atoms with Crippen LogP contribution in [0.1, 0.15) is 64.6 Å². The van der Waals surface area contributed by atoms with E-state index in [0.717, 1.165) is 25.7 Å². The molecule has 0 saturated heterocycles. The summed E-state index contributed by atoms with van der Waals surface area (Å²) in [5.74, 6) is -1.05. The van der Waals surface area contributed by atoms with Crippen molar-refractivity contribution < 1.29 is 23.9 Å². The van der Waals surface area contributed by atoms with Gasteiger partial charge in [-0.05, 0) is 85.5 Å². The molecule has 1 heterocycles.